The molecule has 24 heavy (non-hydrogen) atoms. The first-order chi connectivity index (χ1) is 11.7. The quantitative estimate of drug-likeness (QED) is 0.823. The van der Waals surface area contributed by atoms with Gasteiger partial charge in [-0.2, -0.15) is 5.26 Å². The standard InChI is InChI=1S/C17H15N3O2S2/c1-2-22-12-7-5-11(6-8-12)20-15(14-4-3-9-24-14)19-16(21)13(10-18)17(20)23/h3-9,15,23H,2H2,1H3,(H,19,21). The van der Waals surface area contributed by atoms with Crippen molar-refractivity contribution < 1.29 is 9.53 Å². The molecule has 0 aliphatic carbocycles. The van der Waals surface area contributed by atoms with Crippen molar-refractivity contribution in [3.8, 4) is 11.8 Å². The van der Waals surface area contributed by atoms with Crippen LogP contribution in [0.1, 0.15) is 18.0 Å². The molecule has 3 rings (SSSR count). The van der Waals surface area contributed by atoms with E-state index in [0.29, 0.717) is 11.6 Å². The first-order valence-corrected chi connectivity index (χ1v) is 8.68. The van der Waals surface area contributed by atoms with Crippen LogP contribution in [0.2, 0.25) is 0 Å². The highest BCUT2D eigenvalue weighted by atomic mass is 32.1. The van der Waals surface area contributed by atoms with Crippen molar-refractivity contribution >= 4 is 35.6 Å². The van der Waals surface area contributed by atoms with E-state index in [4.69, 9.17) is 4.74 Å². The van der Waals surface area contributed by atoms with Crippen LogP contribution in [0.4, 0.5) is 5.69 Å². The zero-order chi connectivity index (χ0) is 17.1. The molecule has 1 aromatic heterocycles. The number of rotatable bonds is 4. The Labute approximate surface area is 149 Å². The second-order valence-corrected chi connectivity index (χ2v) is 6.40. The van der Waals surface area contributed by atoms with Crippen molar-refractivity contribution in [2.45, 2.75) is 13.1 Å². The molecule has 2 heterocycles. The van der Waals surface area contributed by atoms with Crippen molar-refractivity contribution in [1.82, 2.24) is 5.32 Å². The lowest BCUT2D eigenvalue weighted by atomic mass is 10.1. The minimum absolute atomic E-state index is 0.0000224. The zero-order valence-electron chi connectivity index (χ0n) is 12.9. The fraction of sp³-hybridized carbons (Fsp3) is 0.176. The minimum Gasteiger partial charge on any atom is -0.494 e. The predicted molar refractivity (Wildman–Crippen MR) is 96.9 cm³/mol. The van der Waals surface area contributed by atoms with Crippen molar-refractivity contribution in [1.29, 1.82) is 5.26 Å². The first kappa shape index (κ1) is 16.4. The Morgan fingerprint density at radius 1 is 1.38 bits per heavy atom. The van der Waals surface area contributed by atoms with Crippen LogP contribution in [0, 0.1) is 11.3 Å². The van der Waals surface area contributed by atoms with Gasteiger partial charge in [0.05, 0.1) is 11.6 Å². The number of anilines is 1. The maximum atomic E-state index is 12.2. The van der Waals surface area contributed by atoms with E-state index in [1.54, 1.807) is 0 Å². The summed E-state index contributed by atoms with van der Waals surface area (Å²) in [5.74, 6) is 0.350. The van der Waals surface area contributed by atoms with Crippen LogP contribution in [-0.2, 0) is 4.79 Å². The summed E-state index contributed by atoms with van der Waals surface area (Å²) in [5, 5.41) is 14.4. The van der Waals surface area contributed by atoms with E-state index in [-0.39, 0.29) is 5.57 Å². The Bertz CT molecular complexity index is 807. The van der Waals surface area contributed by atoms with Crippen LogP contribution in [0.3, 0.4) is 0 Å². The van der Waals surface area contributed by atoms with Gasteiger partial charge < -0.3 is 15.0 Å². The summed E-state index contributed by atoms with van der Waals surface area (Å²) in [5.41, 5.74) is 0.814. The number of thiol groups is 1. The van der Waals surface area contributed by atoms with Crippen LogP contribution >= 0.6 is 24.0 Å². The molecule has 1 atom stereocenters. The molecule has 0 bridgehead atoms. The lowest BCUT2D eigenvalue weighted by molar-refractivity contribution is -0.118. The Morgan fingerprint density at radius 3 is 2.71 bits per heavy atom. The number of ether oxygens (including phenoxy) is 1. The second kappa shape index (κ2) is 6.99. The van der Waals surface area contributed by atoms with Crippen LogP contribution in [0.25, 0.3) is 0 Å². The van der Waals surface area contributed by atoms with Gasteiger partial charge in [-0.25, -0.2) is 0 Å². The summed E-state index contributed by atoms with van der Waals surface area (Å²) in [6.45, 7) is 2.52. The van der Waals surface area contributed by atoms with Gasteiger partial charge in [0.25, 0.3) is 5.91 Å². The van der Waals surface area contributed by atoms with Gasteiger partial charge in [-0.1, -0.05) is 6.07 Å². The monoisotopic (exact) mass is 357 g/mol. The van der Waals surface area contributed by atoms with Gasteiger partial charge in [0, 0.05) is 10.6 Å². The highest BCUT2D eigenvalue weighted by Gasteiger charge is 2.34. The van der Waals surface area contributed by atoms with Gasteiger partial charge >= 0.3 is 0 Å². The Hall–Kier alpha value is -2.43. The number of carbonyl (C=O) groups is 1. The Kier molecular flexibility index (Phi) is 4.79. The van der Waals surface area contributed by atoms with Gasteiger partial charge in [0.15, 0.2) is 0 Å². The van der Waals surface area contributed by atoms with Crippen LogP contribution in [0.5, 0.6) is 5.75 Å². The highest BCUT2D eigenvalue weighted by Crippen LogP contribution is 2.37. The highest BCUT2D eigenvalue weighted by molar-refractivity contribution is 7.84. The number of thiophene rings is 1. The van der Waals surface area contributed by atoms with Crippen molar-refractivity contribution in [2.75, 3.05) is 11.5 Å². The van der Waals surface area contributed by atoms with Crippen molar-refractivity contribution in [2.24, 2.45) is 0 Å². The maximum Gasteiger partial charge on any atom is 0.266 e. The SMILES string of the molecule is CCOc1ccc(N2C(S)=C(C#N)C(=O)NC2c2cccs2)cc1. The summed E-state index contributed by atoms with van der Waals surface area (Å²) in [7, 11) is 0. The van der Waals surface area contributed by atoms with E-state index in [0.717, 1.165) is 16.3 Å². The number of hydrogen-bond acceptors (Lipinski definition) is 6. The smallest absolute Gasteiger partial charge is 0.266 e. The molecule has 0 saturated carbocycles. The topological polar surface area (TPSA) is 65.4 Å². The molecule has 122 valence electrons. The van der Waals surface area contributed by atoms with Gasteiger partial charge in [-0.05, 0) is 42.6 Å². The molecular weight excluding hydrogens is 342 g/mol. The fourth-order valence-electron chi connectivity index (χ4n) is 2.49. The molecule has 1 aliphatic heterocycles. The average molecular weight is 357 g/mol. The van der Waals surface area contributed by atoms with Gasteiger partial charge in [-0.15, -0.1) is 24.0 Å². The van der Waals surface area contributed by atoms with Crippen molar-refractivity contribution in [3.63, 3.8) is 0 Å². The van der Waals surface area contributed by atoms with E-state index >= 15 is 0 Å². The molecule has 1 amide bonds. The second-order valence-electron chi connectivity index (χ2n) is 5.00. The van der Waals surface area contributed by atoms with E-state index in [1.165, 1.54) is 11.3 Å². The molecule has 1 N–H and O–H groups in total. The molecule has 1 aromatic carbocycles. The third-order valence-corrected chi connectivity index (χ3v) is 4.92. The third-order valence-electron chi connectivity index (χ3n) is 3.56. The van der Waals surface area contributed by atoms with E-state index in [1.807, 2.05) is 59.7 Å². The fourth-order valence-corrected chi connectivity index (χ4v) is 3.64. The molecule has 0 saturated heterocycles. The number of amides is 1. The molecule has 7 heteroatoms. The normalized spacial score (nSPS) is 17.5. The zero-order valence-corrected chi connectivity index (χ0v) is 14.6. The molecule has 1 aliphatic rings. The van der Waals surface area contributed by atoms with Gasteiger partial charge in [0.2, 0.25) is 0 Å². The Balaban J connectivity index is 2.06. The molecule has 0 spiro atoms. The summed E-state index contributed by atoms with van der Waals surface area (Å²) >= 11 is 5.99. The summed E-state index contributed by atoms with van der Waals surface area (Å²) < 4.78 is 5.46. The van der Waals surface area contributed by atoms with Crippen LogP contribution in [-0.4, -0.2) is 12.5 Å². The van der Waals surface area contributed by atoms with Crippen LogP contribution in [0.15, 0.2) is 52.4 Å². The average Bonchev–Trinajstić information content (AvgIpc) is 3.10. The largest absolute Gasteiger partial charge is 0.494 e. The summed E-state index contributed by atoms with van der Waals surface area (Å²) in [6.07, 6.45) is -0.403. The minimum atomic E-state index is -0.414. The number of benzene rings is 1. The summed E-state index contributed by atoms with van der Waals surface area (Å²) in [6, 6.07) is 13.3. The molecular formula is C17H15N3O2S2. The van der Waals surface area contributed by atoms with Crippen LogP contribution < -0.4 is 15.0 Å². The summed E-state index contributed by atoms with van der Waals surface area (Å²) in [4.78, 5) is 15.0. The lowest BCUT2D eigenvalue weighted by Crippen LogP contribution is -2.45. The number of nitrogens with zero attached hydrogens (tertiary/aromatic N) is 2. The van der Waals surface area contributed by atoms with E-state index < -0.39 is 12.1 Å². The predicted octanol–water partition coefficient (Wildman–Crippen LogP) is 3.45. The molecule has 2 aromatic rings. The number of nitrogens with one attached hydrogen (secondary N) is 1. The molecule has 1 unspecified atom stereocenters. The molecule has 0 fully saturated rings. The number of carbonyl (C=O) groups excluding carboxylic acids is 1. The Morgan fingerprint density at radius 2 is 2.12 bits per heavy atom. The number of hydrogen-bond donors (Lipinski definition) is 2. The number of nitriles is 1. The van der Waals surface area contributed by atoms with E-state index in [9.17, 15) is 10.1 Å². The van der Waals surface area contributed by atoms with Gasteiger partial charge in [-0.3, -0.25) is 4.79 Å². The lowest BCUT2D eigenvalue weighted by Gasteiger charge is -2.37. The van der Waals surface area contributed by atoms with Crippen molar-refractivity contribution in [3.05, 3.63) is 57.3 Å². The van der Waals surface area contributed by atoms with E-state index in [2.05, 4.69) is 17.9 Å². The van der Waals surface area contributed by atoms with Gasteiger partial charge in [0.1, 0.15) is 23.6 Å². The molecule has 5 nitrogen and oxygen atoms in total. The first-order valence-electron chi connectivity index (χ1n) is 7.35. The maximum absolute atomic E-state index is 12.2. The third kappa shape index (κ3) is 2.98. The molecule has 0 radical (unpaired) electrons.